The molecule has 0 radical (unpaired) electrons. The number of hydrogen-bond donors (Lipinski definition) is 0. The number of rotatable bonds is 1. The molecule has 1 spiro atoms. The van der Waals surface area contributed by atoms with Gasteiger partial charge >= 0.3 is 0 Å². The highest BCUT2D eigenvalue weighted by Crippen LogP contribution is 2.62. The second-order valence-corrected chi connectivity index (χ2v) is 6.21. The molecule has 0 N–H and O–H groups in total. The van der Waals surface area contributed by atoms with Crippen molar-refractivity contribution in [3.8, 4) is 11.5 Å². The number of carbonyl (C=O) groups excluding carboxylic acids is 1. The van der Waals surface area contributed by atoms with Crippen LogP contribution in [0.5, 0.6) is 11.5 Å². The van der Waals surface area contributed by atoms with Gasteiger partial charge in [0.05, 0.1) is 11.2 Å². The Morgan fingerprint density at radius 2 is 2.45 bits per heavy atom. The monoisotopic (exact) mass is 307 g/mol. The molecule has 1 saturated carbocycles. The van der Waals surface area contributed by atoms with Crippen LogP contribution in [0.25, 0.3) is 0 Å². The average Bonchev–Trinajstić information content (AvgIpc) is 2.91. The van der Waals surface area contributed by atoms with E-state index in [0.29, 0.717) is 0 Å². The van der Waals surface area contributed by atoms with Gasteiger partial charge in [-0.05, 0) is 50.3 Å². The second kappa shape index (κ2) is 4.05. The molecule has 2 bridgehead atoms. The molecule has 4 nitrogen and oxygen atoms in total. The highest BCUT2D eigenvalue weighted by molar-refractivity contribution is 5.89. The summed E-state index contributed by atoms with van der Waals surface area (Å²) in [5, 5.41) is 0. The Labute approximate surface area is 141 Å². The zero-order chi connectivity index (χ0) is 22.2. The molecule has 2 aliphatic carbocycles. The topological polar surface area (TPSA) is 38.8 Å². The number of likely N-dealkylation sites (N-methyl/N-ethyl adjacent to an activating group) is 1. The van der Waals surface area contributed by atoms with Crippen molar-refractivity contribution in [2.24, 2.45) is 5.92 Å². The molecular weight excluding hydrogens is 278 g/mol. The Morgan fingerprint density at radius 3 is 3.27 bits per heavy atom. The standard InChI is InChI=1S/C18H21NO3/c1-19-8-7-18-11-4-5-13(20)17(18)22-16-14(21-2)6-3-10(15(16)18)9-12(11)19/h3,6,11-12,17H,4-5,7-9H2,1-2H3/t11-,12+,17?,18-/m0/s1/i3D,5D2,6D,9D2,12D,17D. The Balaban J connectivity index is 2.02. The number of hydrogen-bond acceptors (Lipinski definition) is 4. The first kappa shape index (κ1) is 7.35. The predicted octanol–water partition coefficient (Wildman–Crippen LogP) is 1.93. The third-order valence-corrected chi connectivity index (χ3v) is 5.35. The predicted molar refractivity (Wildman–Crippen MR) is 81.6 cm³/mol. The molecule has 1 unspecified atom stereocenters. The summed E-state index contributed by atoms with van der Waals surface area (Å²) in [4.78, 5) is 14.7. The first-order valence-electron chi connectivity index (χ1n) is 11.4. The van der Waals surface area contributed by atoms with Crippen LogP contribution < -0.4 is 9.47 Å². The van der Waals surface area contributed by atoms with Crippen molar-refractivity contribution in [3.63, 3.8) is 0 Å². The van der Waals surface area contributed by atoms with Crippen molar-refractivity contribution in [2.45, 2.75) is 43.1 Å². The van der Waals surface area contributed by atoms with E-state index in [1.165, 1.54) is 12.0 Å². The first-order chi connectivity index (χ1) is 13.7. The Bertz CT molecular complexity index is 1030. The molecule has 0 aromatic heterocycles. The van der Waals surface area contributed by atoms with Crippen molar-refractivity contribution in [3.05, 3.63) is 23.2 Å². The lowest BCUT2D eigenvalue weighted by Gasteiger charge is -2.57. The average molecular weight is 307 g/mol. The number of likely N-dealkylation sites (tertiary alicyclic amines) is 1. The summed E-state index contributed by atoms with van der Waals surface area (Å²) in [6, 6.07) is -2.97. The smallest absolute Gasteiger partial charge is 0.174 e. The van der Waals surface area contributed by atoms with Gasteiger partial charge in [0.1, 0.15) is 0 Å². The maximum absolute atomic E-state index is 13.2. The van der Waals surface area contributed by atoms with Crippen LogP contribution in [0.2, 0.25) is 0 Å². The summed E-state index contributed by atoms with van der Waals surface area (Å²) >= 11 is 0. The summed E-state index contributed by atoms with van der Waals surface area (Å²) in [5.74, 6) is -2.48. The SMILES string of the molecule is [2H]c1c([2H])c2c3c(c1OC)OC1([2H])C(=O)C([2H])([2H])C[C@@H]4[C@@]31CCN(C)[C@]4([2H])C2([2H])[2H]. The molecule has 5 rings (SSSR count). The normalized spacial score (nSPS) is 55.0. The van der Waals surface area contributed by atoms with Gasteiger partial charge in [0.25, 0.3) is 0 Å². The van der Waals surface area contributed by atoms with Crippen molar-refractivity contribution in [1.29, 1.82) is 0 Å². The van der Waals surface area contributed by atoms with Crippen molar-refractivity contribution in [1.82, 2.24) is 4.90 Å². The minimum atomic E-state index is -2.49. The van der Waals surface area contributed by atoms with E-state index in [1.807, 2.05) is 0 Å². The molecule has 1 saturated heterocycles. The van der Waals surface area contributed by atoms with Gasteiger partial charge in [0.15, 0.2) is 23.4 Å². The van der Waals surface area contributed by atoms with Crippen LogP contribution in [0.4, 0.5) is 0 Å². The lowest BCUT2D eigenvalue weighted by molar-refractivity contribution is -0.138. The number of carbonyl (C=O) groups is 1. The zero-order valence-electron chi connectivity index (χ0n) is 20.4. The van der Waals surface area contributed by atoms with Crippen LogP contribution in [0.1, 0.15) is 41.3 Å². The van der Waals surface area contributed by atoms with Crippen LogP contribution in [0, 0.1) is 5.92 Å². The minimum Gasteiger partial charge on any atom is -0.493 e. The van der Waals surface area contributed by atoms with Crippen molar-refractivity contribution >= 4 is 5.78 Å². The molecule has 2 heterocycles. The fourth-order valence-electron chi connectivity index (χ4n) is 4.35. The van der Waals surface area contributed by atoms with E-state index in [9.17, 15) is 6.17 Å². The minimum absolute atomic E-state index is 0.130. The molecule has 4 aliphatic rings. The fraction of sp³-hybridized carbons (Fsp3) is 0.611. The van der Waals surface area contributed by atoms with Gasteiger partial charge in [0, 0.05) is 30.2 Å². The molecule has 2 fully saturated rings. The van der Waals surface area contributed by atoms with E-state index in [-0.39, 0.29) is 35.6 Å². The summed E-state index contributed by atoms with van der Waals surface area (Å²) in [6.45, 7) is 0.191. The molecule has 4 heteroatoms. The molecule has 2 aliphatic heterocycles. The molecule has 0 amide bonds. The lowest BCUT2D eigenvalue weighted by Crippen LogP contribution is -2.65. The third-order valence-electron chi connectivity index (χ3n) is 5.35. The number of benzene rings is 1. The quantitative estimate of drug-likeness (QED) is 0.795. The molecule has 116 valence electrons. The summed E-state index contributed by atoms with van der Waals surface area (Å²) in [7, 11) is 2.82. The van der Waals surface area contributed by atoms with Gasteiger partial charge in [-0.25, -0.2) is 0 Å². The van der Waals surface area contributed by atoms with E-state index in [4.69, 9.17) is 19.1 Å². The molecule has 22 heavy (non-hydrogen) atoms. The van der Waals surface area contributed by atoms with Crippen molar-refractivity contribution in [2.75, 3.05) is 20.7 Å². The van der Waals surface area contributed by atoms with Gasteiger partial charge in [-0.2, -0.15) is 0 Å². The molecule has 4 atom stereocenters. The fourth-order valence-corrected chi connectivity index (χ4v) is 4.35. The van der Waals surface area contributed by atoms with E-state index >= 15 is 0 Å². The number of nitrogens with zero attached hydrogens (tertiary/aromatic N) is 1. The van der Waals surface area contributed by atoms with E-state index in [1.54, 1.807) is 7.05 Å². The van der Waals surface area contributed by atoms with Crippen LogP contribution in [0.3, 0.4) is 0 Å². The number of methoxy groups -OCH3 is 1. The highest BCUT2D eigenvalue weighted by atomic mass is 16.5. The third kappa shape index (κ3) is 1.27. The van der Waals surface area contributed by atoms with Gasteiger partial charge in [-0.3, -0.25) is 4.79 Å². The van der Waals surface area contributed by atoms with E-state index in [2.05, 4.69) is 0 Å². The maximum atomic E-state index is 13.2. The van der Waals surface area contributed by atoms with E-state index in [0.717, 1.165) is 0 Å². The summed E-state index contributed by atoms with van der Waals surface area (Å²) < 4.78 is 80.8. The van der Waals surface area contributed by atoms with Crippen molar-refractivity contribution < 1.29 is 25.2 Å². The van der Waals surface area contributed by atoms with Crippen LogP contribution in [0.15, 0.2) is 12.1 Å². The van der Waals surface area contributed by atoms with Gasteiger partial charge in [0.2, 0.25) is 0 Å². The molecule has 1 aromatic carbocycles. The number of piperidine rings is 1. The molecule has 1 aromatic rings. The highest BCUT2D eigenvalue weighted by Gasteiger charge is 2.65. The van der Waals surface area contributed by atoms with Gasteiger partial charge < -0.3 is 14.4 Å². The largest absolute Gasteiger partial charge is 0.493 e. The second-order valence-electron chi connectivity index (χ2n) is 6.21. The first-order valence-corrected chi connectivity index (χ1v) is 7.40. The lowest BCUT2D eigenvalue weighted by atomic mass is 9.52. The Hall–Kier alpha value is -1.55. The number of Topliss-reactive ketones (excluding diaryl/α,β-unsaturated/α-hetero) is 1. The molecular formula is C18H21NO3. The van der Waals surface area contributed by atoms with E-state index < -0.39 is 60.5 Å². The Kier molecular flexibility index (Phi) is 1.35. The van der Waals surface area contributed by atoms with Gasteiger partial charge in [-0.15, -0.1) is 0 Å². The van der Waals surface area contributed by atoms with Crippen LogP contribution in [-0.4, -0.2) is 43.5 Å². The van der Waals surface area contributed by atoms with Crippen LogP contribution >= 0.6 is 0 Å². The number of ether oxygens (including phenoxy) is 2. The van der Waals surface area contributed by atoms with Gasteiger partial charge in [-0.1, -0.05) is 6.04 Å². The van der Waals surface area contributed by atoms with Crippen LogP contribution in [-0.2, 0) is 16.6 Å². The Morgan fingerprint density at radius 1 is 1.59 bits per heavy atom. The maximum Gasteiger partial charge on any atom is 0.174 e. The zero-order valence-corrected chi connectivity index (χ0v) is 12.4. The summed E-state index contributed by atoms with van der Waals surface area (Å²) in [6.07, 6.45) is -7.67. The summed E-state index contributed by atoms with van der Waals surface area (Å²) in [5.41, 5.74) is -1.60. The number of ketones is 1.